The summed E-state index contributed by atoms with van der Waals surface area (Å²) in [6.45, 7) is 26.2. The largest absolute Gasteiger partial charge is 2.00 e. The van der Waals surface area contributed by atoms with Crippen molar-refractivity contribution in [1.82, 2.24) is 4.98 Å². The van der Waals surface area contributed by atoms with Crippen LogP contribution in [0.15, 0.2) is 125 Å². The van der Waals surface area contributed by atoms with Gasteiger partial charge >= 0.3 is 17.1 Å². The van der Waals surface area contributed by atoms with E-state index in [1.165, 1.54) is 36.3 Å². The standard InChI is InChI=1S/C33H25Cl2N3.2C7H17Si.Fe/c1-22-12-9-18-26(34)30(22)37-32(24-14-5-3-6-15-24)28-20-11-21-29(36-28)33(25-16-7-4-8-17-25)38-31-23(2)13-10-19-27(31)35;2*1-5-8(4,6-2)7-3;/h3-21H,1-2H3;2*4-7H2,1-3H3;/q;2*-1;+2. The Hall–Kier alpha value is -3.10. The number of rotatable bonds is 12. The topological polar surface area (TPSA) is 37.6 Å². The normalized spacial score (nSPS) is 11.8. The molecule has 55 heavy (non-hydrogen) atoms. The molecule has 5 rings (SSSR count). The molecule has 0 fully saturated rings. The Morgan fingerprint density at radius 3 is 1.07 bits per heavy atom. The molecule has 0 spiro atoms. The third-order valence-electron chi connectivity index (χ3n) is 10.7. The molecule has 3 nitrogen and oxygen atoms in total. The summed E-state index contributed by atoms with van der Waals surface area (Å²) in [6.07, 6.45) is 0. The molecule has 8 heteroatoms. The monoisotopic (exact) mass is 847 g/mol. The molecule has 0 aliphatic rings. The predicted molar refractivity (Wildman–Crippen MR) is 245 cm³/mol. The van der Waals surface area contributed by atoms with E-state index in [0.29, 0.717) is 21.4 Å². The van der Waals surface area contributed by atoms with E-state index < -0.39 is 16.1 Å². The van der Waals surface area contributed by atoms with Gasteiger partial charge in [-0.2, -0.15) is 0 Å². The summed E-state index contributed by atoms with van der Waals surface area (Å²) in [4.78, 5) is 15.2. The smallest absolute Gasteiger partial charge is 0.342 e. The number of pyridine rings is 1. The molecule has 0 saturated heterocycles. The zero-order valence-corrected chi connectivity index (χ0v) is 38.7. The number of benzene rings is 4. The van der Waals surface area contributed by atoms with Crippen LogP contribution in [0.4, 0.5) is 11.4 Å². The zero-order chi connectivity index (χ0) is 39.7. The van der Waals surface area contributed by atoms with Crippen LogP contribution >= 0.6 is 23.2 Å². The molecule has 292 valence electrons. The average Bonchev–Trinajstić information content (AvgIpc) is 3.21. The first-order chi connectivity index (χ1) is 25.9. The van der Waals surface area contributed by atoms with Gasteiger partial charge in [0, 0.05) is 11.1 Å². The fourth-order valence-electron chi connectivity index (χ4n) is 5.68. The summed E-state index contributed by atoms with van der Waals surface area (Å²) in [6, 6.07) is 45.6. The van der Waals surface area contributed by atoms with E-state index >= 15 is 0 Å². The molecule has 0 atom stereocenters. The Balaban J connectivity index is 0.000000517. The van der Waals surface area contributed by atoms with E-state index in [0.717, 1.165) is 45.1 Å². The second kappa shape index (κ2) is 23.9. The SMILES string of the molecule is Cc1cccc(Cl)c1N=C(c1ccccc1)c1cccc(C(=Nc2c(C)cccc2Cl)c2ccccc2)n1.[CH2-][Si](CC)(CC)CC.[CH2-][Si](CC)(CC)CC.[Fe+2]. The Morgan fingerprint density at radius 1 is 0.491 bits per heavy atom. The number of nitrogens with zero attached hydrogens (tertiary/aromatic N) is 3. The van der Waals surface area contributed by atoms with Gasteiger partial charge in [-0.25, -0.2) is 15.0 Å². The number of aliphatic imine (C=N–C) groups is 2. The van der Waals surface area contributed by atoms with Crippen LogP contribution in [-0.2, 0) is 17.1 Å². The van der Waals surface area contributed by atoms with E-state index in [2.05, 4.69) is 54.6 Å². The number of halogens is 2. The Kier molecular flexibility index (Phi) is 20.8. The van der Waals surface area contributed by atoms with Crippen LogP contribution in [0, 0.1) is 26.9 Å². The molecule has 1 aromatic heterocycles. The van der Waals surface area contributed by atoms with Crippen LogP contribution in [0.5, 0.6) is 0 Å². The van der Waals surface area contributed by atoms with Gasteiger partial charge in [0.2, 0.25) is 0 Å². The summed E-state index contributed by atoms with van der Waals surface area (Å²) in [5.41, 5.74) is 8.20. The minimum Gasteiger partial charge on any atom is -0.342 e. The number of aryl methyl sites for hydroxylation is 2. The molecule has 1 heterocycles. The molecule has 4 aromatic carbocycles. The summed E-state index contributed by atoms with van der Waals surface area (Å²) in [5, 5.41) is 1.19. The van der Waals surface area contributed by atoms with Crippen molar-refractivity contribution >= 4 is 62.1 Å². The van der Waals surface area contributed by atoms with Gasteiger partial charge < -0.3 is 13.1 Å². The summed E-state index contributed by atoms with van der Waals surface area (Å²) < 4.78 is 0. The number of aromatic nitrogens is 1. The maximum Gasteiger partial charge on any atom is 2.00 e. The Morgan fingerprint density at radius 2 is 0.800 bits per heavy atom. The maximum absolute atomic E-state index is 6.57. The second-order valence-corrected chi connectivity index (χ2v) is 25.0. The fourth-order valence-corrected chi connectivity index (χ4v) is 9.21. The van der Waals surface area contributed by atoms with Crippen LogP contribution in [0.1, 0.15) is 75.2 Å². The molecule has 0 saturated carbocycles. The van der Waals surface area contributed by atoms with Crippen molar-refractivity contribution in [3.63, 3.8) is 0 Å². The van der Waals surface area contributed by atoms with Crippen molar-refractivity contribution in [2.75, 3.05) is 0 Å². The van der Waals surface area contributed by atoms with E-state index in [1.54, 1.807) is 0 Å². The molecule has 0 N–H and O–H groups in total. The van der Waals surface area contributed by atoms with E-state index in [4.69, 9.17) is 38.2 Å². The molecule has 0 amide bonds. The summed E-state index contributed by atoms with van der Waals surface area (Å²) in [5.74, 6) is 0. The van der Waals surface area contributed by atoms with Crippen LogP contribution in [0.2, 0.25) is 46.3 Å². The van der Waals surface area contributed by atoms with Gasteiger partial charge in [-0.05, 0) is 49.2 Å². The van der Waals surface area contributed by atoms with Crippen LogP contribution < -0.4 is 0 Å². The first kappa shape index (κ1) is 48.1. The predicted octanol–water partition coefficient (Wildman–Crippen LogP) is 15.1. The molecule has 0 unspecified atom stereocenters. The molecule has 0 bridgehead atoms. The van der Waals surface area contributed by atoms with Gasteiger partial charge in [0.05, 0.1) is 44.2 Å². The molecule has 0 aliphatic carbocycles. The molecule has 0 radical (unpaired) electrons. The van der Waals surface area contributed by atoms with Gasteiger partial charge in [0.15, 0.2) is 0 Å². The van der Waals surface area contributed by atoms with Crippen molar-refractivity contribution in [2.45, 2.75) is 91.7 Å². The van der Waals surface area contributed by atoms with Crippen LogP contribution in [0.3, 0.4) is 0 Å². The first-order valence-electron chi connectivity index (χ1n) is 19.3. The molecule has 0 aliphatic heterocycles. The van der Waals surface area contributed by atoms with Crippen molar-refractivity contribution in [3.05, 3.63) is 172 Å². The van der Waals surface area contributed by atoms with E-state index in [9.17, 15) is 0 Å². The third-order valence-corrected chi connectivity index (χ3v) is 20.3. The first-order valence-corrected chi connectivity index (χ1v) is 25.8. The minimum absolute atomic E-state index is 0. The van der Waals surface area contributed by atoms with Gasteiger partial charge in [0.1, 0.15) is 0 Å². The fraction of sp³-hybridized carbons (Fsp3) is 0.298. The second-order valence-electron chi connectivity index (χ2n) is 14.0. The number of hydrogen-bond donors (Lipinski definition) is 0. The van der Waals surface area contributed by atoms with E-state index in [-0.39, 0.29) is 17.1 Å². The third kappa shape index (κ3) is 14.1. The van der Waals surface area contributed by atoms with Gasteiger partial charge in [0.25, 0.3) is 0 Å². The number of hydrogen-bond acceptors (Lipinski definition) is 3. The zero-order valence-electron chi connectivity index (χ0n) is 34.1. The molecular weight excluding hydrogens is 789 g/mol. The molecule has 5 aromatic rings. The van der Waals surface area contributed by atoms with Gasteiger partial charge in [-0.3, -0.25) is 0 Å². The maximum atomic E-state index is 6.57. The van der Waals surface area contributed by atoms with Crippen LogP contribution in [0.25, 0.3) is 0 Å². The average molecular weight is 849 g/mol. The Bertz CT molecular complexity index is 1760. The van der Waals surface area contributed by atoms with Crippen molar-refractivity contribution in [1.29, 1.82) is 0 Å². The van der Waals surface area contributed by atoms with E-state index in [1.807, 2.05) is 129 Å². The molecular formula is C47H59Cl2FeN3Si2. The minimum atomic E-state index is -0.921. The number of para-hydroxylation sites is 2. The Labute approximate surface area is 355 Å². The summed E-state index contributed by atoms with van der Waals surface area (Å²) in [7, 11) is -1.84. The van der Waals surface area contributed by atoms with Gasteiger partial charge in [-0.1, -0.05) is 208 Å². The van der Waals surface area contributed by atoms with Crippen molar-refractivity contribution in [2.24, 2.45) is 9.98 Å². The van der Waals surface area contributed by atoms with Crippen molar-refractivity contribution < 1.29 is 17.1 Å². The van der Waals surface area contributed by atoms with Gasteiger partial charge in [-0.15, -0.1) is 0 Å². The summed E-state index contributed by atoms with van der Waals surface area (Å²) >= 11 is 13.1. The van der Waals surface area contributed by atoms with Crippen molar-refractivity contribution in [3.8, 4) is 0 Å². The van der Waals surface area contributed by atoms with Crippen LogP contribution in [-0.4, -0.2) is 32.6 Å². The quantitative estimate of drug-likeness (QED) is 0.0700.